The number of hydrogen-bond acceptors (Lipinski definition) is 6. The lowest BCUT2D eigenvalue weighted by molar-refractivity contribution is -0.385. The quantitative estimate of drug-likeness (QED) is 0.485. The van der Waals surface area contributed by atoms with Crippen LogP contribution in [0.5, 0.6) is 11.5 Å². The molecule has 0 saturated heterocycles. The summed E-state index contributed by atoms with van der Waals surface area (Å²) in [5.74, 6) is 0.975. The lowest BCUT2D eigenvalue weighted by Crippen LogP contribution is -2.02. The minimum Gasteiger partial charge on any atom is -0.496 e. The van der Waals surface area contributed by atoms with Gasteiger partial charge in [0.2, 0.25) is 0 Å². The first-order valence-electron chi connectivity index (χ1n) is 7.54. The SMILES string of the molecule is COc1ccccc1Cn1cc(COc2ccccc2[N+](=O)[O-])nn1. The lowest BCUT2D eigenvalue weighted by Gasteiger charge is -2.07. The van der Waals surface area contributed by atoms with E-state index in [2.05, 4.69) is 10.3 Å². The average molecular weight is 340 g/mol. The normalized spacial score (nSPS) is 10.4. The average Bonchev–Trinajstić information content (AvgIpc) is 3.08. The Balaban J connectivity index is 1.67. The smallest absolute Gasteiger partial charge is 0.310 e. The molecule has 0 N–H and O–H groups in total. The number of benzene rings is 2. The molecule has 0 saturated carbocycles. The van der Waals surface area contributed by atoms with Crippen molar-refractivity contribution in [3.8, 4) is 11.5 Å². The maximum absolute atomic E-state index is 11.0. The number of rotatable bonds is 7. The van der Waals surface area contributed by atoms with Gasteiger partial charge in [-0.25, -0.2) is 4.68 Å². The molecule has 128 valence electrons. The van der Waals surface area contributed by atoms with Gasteiger partial charge in [0.1, 0.15) is 18.1 Å². The zero-order valence-electron chi connectivity index (χ0n) is 13.5. The van der Waals surface area contributed by atoms with Crippen LogP contribution in [0.2, 0.25) is 0 Å². The van der Waals surface area contributed by atoms with Crippen LogP contribution in [0.25, 0.3) is 0 Å². The number of nitrogens with zero attached hydrogens (tertiary/aromatic N) is 4. The molecular formula is C17H16N4O4. The Kier molecular flexibility index (Phi) is 4.89. The van der Waals surface area contributed by atoms with Crippen molar-refractivity contribution in [2.75, 3.05) is 7.11 Å². The van der Waals surface area contributed by atoms with Gasteiger partial charge in [0.05, 0.1) is 24.8 Å². The number of para-hydroxylation sites is 3. The molecule has 25 heavy (non-hydrogen) atoms. The first-order chi connectivity index (χ1) is 12.2. The molecule has 0 amide bonds. The van der Waals surface area contributed by atoms with Crippen LogP contribution >= 0.6 is 0 Å². The molecule has 1 aromatic heterocycles. The molecule has 3 aromatic rings. The van der Waals surface area contributed by atoms with E-state index in [1.807, 2.05) is 24.3 Å². The molecule has 1 heterocycles. The second kappa shape index (κ2) is 7.43. The fraction of sp³-hybridized carbons (Fsp3) is 0.176. The van der Waals surface area contributed by atoms with E-state index in [4.69, 9.17) is 9.47 Å². The minimum absolute atomic E-state index is 0.0797. The molecule has 0 fully saturated rings. The predicted octanol–water partition coefficient (Wildman–Crippen LogP) is 2.82. The van der Waals surface area contributed by atoms with Crippen molar-refractivity contribution < 1.29 is 14.4 Å². The molecule has 0 bridgehead atoms. The number of hydrogen-bond donors (Lipinski definition) is 0. The van der Waals surface area contributed by atoms with E-state index < -0.39 is 4.92 Å². The van der Waals surface area contributed by atoms with Crippen LogP contribution in [0, 0.1) is 10.1 Å². The summed E-state index contributed by atoms with van der Waals surface area (Å²) >= 11 is 0. The summed E-state index contributed by atoms with van der Waals surface area (Å²) in [4.78, 5) is 10.5. The van der Waals surface area contributed by atoms with E-state index in [0.29, 0.717) is 12.2 Å². The van der Waals surface area contributed by atoms with Crippen molar-refractivity contribution in [2.45, 2.75) is 13.2 Å². The molecule has 0 aliphatic heterocycles. The summed E-state index contributed by atoms with van der Waals surface area (Å²) in [6.45, 7) is 0.597. The van der Waals surface area contributed by atoms with Gasteiger partial charge in [0, 0.05) is 11.6 Å². The molecule has 0 spiro atoms. The largest absolute Gasteiger partial charge is 0.496 e. The van der Waals surface area contributed by atoms with Gasteiger partial charge >= 0.3 is 5.69 Å². The molecule has 8 nitrogen and oxygen atoms in total. The number of ether oxygens (including phenoxy) is 2. The molecule has 0 aliphatic rings. The first-order valence-corrected chi connectivity index (χ1v) is 7.54. The van der Waals surface area contributed by atoms with Crippen LogP contribution in [0.4, 0.5) is 5.69 Å². The molecule has 2 aromatic carbocycles. The Morgan fingerprint density at radius 1 is 1.12 bits per heavy atom. The number of nitro groups is 1. The highest BCUT2D eigenvalue weighted by Gasteiger charge is 2.14. The van der Waals surface area contributed by atoms with Crippen LogP contribution < -0.4 is 9.47 Å². The molecule has 3 rings (SSSR count). The number of nitro benzene ring substituents is 1. The van der Waals surface area contributed by atoms with Gasteiger partial charge in [-0.15, -0.1) is 5.10 Å². The molecule has 0 atom stereocenters. The van der Waals surface area contributed by atoms with Crippen molar-refractivity contribution in [3.63, 3.8) is 0 Å². The highest BCUT2D eigenvalue weighted by molar-refractivity contribution is 5.45. The third-order valence-corrected chi connectivity index (χ3v) is 3.55. The Hall–Kier alpha value is -3.42. The maximum Gasteiger partial charge on any atom is 0.310 e. The first kappa shape index (κ1) is 16.4. The summed E-state index contributed by atoms with van der Waals surface area (Å²) in [6, 6.07) is 13.9. The molecular weight excluding hydrogens is 324 g/mol. The second-order valence-electron chi connectivity index (χ2n) is 5.23. The topological polar surface area (TPSA) is 92.3 Å². The number of methoxy groups -OCH3 is 1. The molecule has 0 radical (unpaired) electrons. The third-order valence-electron chi connectivity index (χ3n) is 3.55. The highest BCUT2D eigenvalue weighted by atomic mass is 16.6. The van der Waals surface area contributed by atoms with Gasteiger partial charge in [-0.2, -0.15) is 0 Å². The van der Waals surface area contributed by atoms with Crippen molar-refractivity contribution in [3.05, 3.63) is 76.1 Å². The van der Waals surface area contributed by atoms with Crippen LogP contribution in [0.1, 0.15) is 11.3 Å². The molecule has 8 heteroatoms. The highest BCUT2D eigenvalue weighted by Crippen LogP contribution is 2.26. The minimum atomic E-state index is -0.478. The van der Waals surface area contributed by atoms with Crippen molar-refractivity contribution in [2.24, 2.45) is 0 Å². The zero-order valence-corrected chi connectivity index (χ0v) is 13.5. The number of aromatic nitrogens is 3. The van der Waals surface area contributed by atoms with Gasteiger partial charge in [-0.1, -0.05) is 35.5 Å². The lowest BCUT2D eigenvalue weighted by atomic mass is 10.2. The van der Waals surface area contributed by atoms with Crippen LogP contribution in [-0.4, -0.2) is 27.0 Å². The van der Waals surface area contributed by atoms with Crippen LogP contribution in [-0.2, 0) is 13.2 Å². The fourth-order valence-corrected chi connectivity index (χ4v) is 2.37. The van der Waals surface area contributed by atoms with E-state index >= 15 is 0 Å². The van der Waals surface area contributed by atoms with Gasteiger partial charge in [0.25, 0.3) is 0 Å². The standard InChI is InChI=1S/C17H16N4O4/c1-24-16-8-4-2-6-13(16)10-20-11-14(18-19-20)12-25-17-9-5-3-7-15(17)21(22)23/h2-9,11H,10,12H2,1H3. The summed E-state index contributed by atoms with van der Waals surface area (Å²) < 4.78 is 12.5. The predicted molar refractivity (Wildman–Crippen MR) is 89.5 cm³/mol. The zero-order chi connectivity index (χ0) is 17.6. The van der Waals surface area contributed by atoms with E-state index in [9.17, 15) is 10.1 Å². The van der Waals surface area contributed by atoms with Crippen molar-refractivity contribution >= 4 is 5.69 Å². The Morgan fingerprint density at radius 3 is 2.60 bits per heavy atom. The summed E-state index contributed by atoms with van der Waals surface area (Å²) in [5, 5.41) is 19.1. The van der Waals surface area contributed by atoms with Crippen molar-refractivity contribution in [1.29, 1.82) is 0 Å². The summed E-state index contributed by atoms with van der Waals surface area (Å²) in [7, 11) is 1.62. The van der Waals surface area contributed by atoms with Gasteiger partial charge in [-0.05, 0) is 12.1 Å². The maximum atomic E-state index is 11.0. The van der Waals surface area contributed by atoms with E-state index in [1.165, 1.54) is 6.07 Å². The summed E-state index contributed by atoms with van der Waals surface area (Å²) in [6.07, 6.45) is 1.74. The second-order valence-corrected chi connectivity index (χ2v) is 5.23. The summed E-state index contributed by atoms with van der Waals surface area (Å²) in [5.41, 5.74) is 1.47. The van der Waals surface area contributed by atoms with Gasteiger partial charge in [0.15, 0.2) is 5.75 Å². The molecule has 0 unspecified atom stereocenters. The van der Waals surface area contributed by atoms with Gasteiger partial charge in [-0.3, -0.25) is 10.1 Å². The molecule has 0 aliphatic carbocycles. The third kappa shape index (κ3) is 3.92. The fourth-order valence-electron chi connectivity index (χ4n) is 2.37. The van der Waals surface area contributed by atoms with Gasteiger partial charge < -0.3 is 9.47 Å². The van der Waals surface area contributed by atoms with Crippen LogP contribution in [0.3, 0.4) is 0 Å². The monoisotopic (exact) mass is 340 g/mol. The van der Waals surface area contributed by atoms with E-state index in [1.54, 1.807) is 36.2 Å². The van der Waals surface area contributed by atoms with E-state index in [-0.39, 0.29) is 18.0 Å². The Morgan fingerprint density at radius 2 is 1.84 bits per heavy atom. The Bertz CT molecular complexity index is 878. The van der Waals surface area contributed by atoms with Crippen LogP contribution in [0.15, 0.2) is 54.7 Å². The Labute approximate surface area is 143 Å². The van der Waals surface area contributed by atoms with E-state index in [0.717, 1.165) is 11.3 Å². The van der Waals surface area contributed by atoms with Crippen molar-refractivity contribution in [1.82, 2.24) is 15.0 Å².